The summed E-state index contributed by atoms with van der Waals surface area (Å²) in [6.07, 6.45) is 0. The fourth-order valence-corrected chi connectivity index (χ4v) is 2.31. The van der Waals surface area contributed by atoms with Crippen LogP contribution in [0.15, 0.2) is 29.3 Å². The van der Waals surface area contributed by atoms with E-state index in [4.69, 9.17) is 9.47 Å². The Balaban J connectivity index is 0.00000364. The summed E-state index contributed by atoms with van der Waals surface area (Å²) in [7, 11) is 3.62. The highest BCUT2D eigenvalue weighted by Crippen LogP contribution is 2.18. The third-order valence-electron chi connectivity index (χ3n) is 3.88. The Morgan fingerprint density at radius 3 is 2.67 bits per heavy atom. The summed E-state index contributed by atoms with van der Waals surface area (Å²) < 4.78 is 12.7. The van der Waals surface area contributed by atoms with Crippen LogP contribution in [0, 0.1) is 6.92 Å². The molecular formula is C18H29IN6O2. The quantitative estimate of drug-likeness (QED) is 0.243. The summed E-state index contributed by atoms with van der Waals surface area (Å²) in [5, 5.41) is 14.8. The molecule has 0 saturated heterocycles. The molecule has 0 aliphatic rings. The van der Waals surface area contributed by atoms with Gasteiger partial charge >= 0.3 is 0 Å². The van der Waals surface area contributed by atoms with Crippen molar-refractivity contribution in [1.29, 1.82) is 0 Å². The van der Waals surface area contributed by atoms with E-state index in [1.807, 2.05) is 49.7 Å². The monoisotopic (exact) mass is 488 g/mol. The predicted octanol–water partition coefficient (Wildman–Crippen LogP) is 2.02. The lowest BCUT2D eigenvalue weighted by atomic mass is 10.2. The first-order chi connectivity index (χ1) is 12.7. The van der Waals surface area contributed by atoms with E-state index < -0.39 is 0 Å². The minimum atomic E-state index is 0. The molecule has 1 aromatic carbocycles. The Hall–Kier alpha value is -1.88. The maximum Gasteiger partial charge on any atom is 0.192 e. The van der Waals surface area contributed by atoms with Gasteiger partial charge in [-0.05, 0) is 19.9 Å². The lowest BCUT2D eigenvalue weighted by molar-refractivity contribution is 0.203. The summed E-state index contributed by atoms with van der Waals surface area (Å²) in [6, 6.07) is 7.93. The zero-order chi connectivity index (χ0) is 18.8. The molecule has 0 amide bonds. The van der Waals surface area contributed by atoms with Gasteiger partial charge in [0.15, 0.2) is 11.8 Å². The molecule has 0 aliphatic heterocycles. The number of hydrogen-bond donors (Lipinski definition) is 2. The number of aryl methyl sites for hydroxylation is 1. The molecule has 0 fully saturated rings. The van der Waals surface area contributed by atoms with E-state index in [0.717, 1.165) is 23.0 Å². The highest BCUT2D eigenvalue weighted by atomic mass is 127. The van der Waals surface area contributed by atoms with Gasteiger partial charge in [-0.15, -0.1) is 34.2 Å². The van der Waals surface area contributed by atoms with Crippen LogP contribution in [0.3, 0.4) is 0 Å². The van der Waals surface area contributed by atoms with Gasteiger partial charge in [0.2, 0.25) is 0 Å². The van der Waals surface area contributed by atoms with Crippen LogP contribution in [-0.4, -0.2) is 47.6 Å². The normalized spacial score (nSPS) is 11.0. The third kappa shape index (κ3) is 7.33. The van der Waals surface area contributed by atoms with Crippen molar-refractivity contribution in [2.24, 2.45) is 12.0 Å². The number of para-hydroxylation sites is 1. The molecule has 2 aromatic rings. The maximum atomic E-state index is 5.66. The molecular weight excluding hydrogens is 459 g/mol. The van der Waals surface area contributed by atoms with Crippen molar-refractivity contribution in [1.82, 2.24) is 25.4 Å². The Morgan fingerprint density at radius 1 is 1.22 bits per heavy atom. The summed E-state index contributed by atoms with van der Waals surface area (Å²) in [5.41, 5.74) is 1.04. The Kier molecular flexibility index (Phi) is 10.7. The lowest BCUT2D eigenvalue weighted by Gasteiger charge is -2.13. The van der Waals surface area contributed by atoms with Crippen molar-refractivity contribution >= 4 is 29.9 Å². The van der Waals surface area contributed by atoms with Crippen LogP contribution in [0.4, 0.5) is 0 Å². The number of rotatable bonds is 9. The second-order valence-electron chi connectivity index (χ2n) is 5.70. The fraction of sp³-hybridized carbons (Fsp3) is 0.500. The van der Waals surface area contributed by atoms with E-state index in [9.17, 15) is 0 Å². The van der Waals surface area contributed by atoms with Crippen LogP contribution in [0.1, 0.15) is 24.1 Å². The minimum absolute atomic E-state index is 0. The van der Waals surface area contributed by atoms with Gasteiger partial charge in [-0.25, -0.2) is 4.99 Å². The standard InChI is InChI=1S/C18H28N6O2.HI/c1-5-26-16-9-7-6-8-15(16)12-20-18(19-10-11-25-4)21-13-17-23-22-14(2)24(17)3;/h6-9H,5,10-13H2,1-4H3,(H2,19,20,21);1H. The Labute approximate surface area is 177 Å². The second kappa shape index (κ2) is 12.5. The van der Waals surface area contributed by atoms with E-state index in [0.29, 0.717) is 38.8 Å². The molecule has 0 spiro atoms. The first-order valence-electron chi connectivity index (χ1n) is 8.72. The average molecular weight is 488 g/mol. The van der Waals surface area contributed by atoms with Crippen LogP contribution in [0.5, 0.6) is 5.75 Å². The van der Waals surface area contributed by atoms with E-state index in [-0.39, 0.29) is 24.0 Å². The number of aromatic nitrogens is 3. The zero-order valence-corrected chi connectivity index (χ0v) is 18.7. The third-order valence-corrected chi connectivity index (χ3v) is 3.88. The van der Waals surface area contributed by atoms with E-state index in [1.165, 1.54) is 0 Å². The van der Waals surface area contributed by atoms with Gasteiger partial charge in [0.05, 0.1) is 26.3 Å². The van der Waals surface area contributed by atoms with E-state index in [2.05, 4.69) is 25.8 Å². The summed E-state index contributed by atoms with van der Waals surface area (Å²) in [4.78, 5) is 4.66. The predicted molar refractivity (Wildman–Crippen MR) is 117 cm³/mol. The number of hydrogen-bond acceptors (Lipinski definition) is 5. The Bertz CT molecular complexity index is 720. The molecule has 0 atom stereocenters. The average Bonchev–Trinajstić information content (AvgIpc) is 2.97. The molecule has 2 N–H and O–H groups in total. The first-order valence-corrected chi connectivity index (χ1v) is 8.72. The summed E-state index contributed by atoms with van der Waals surface area (Å²) >= 11 is 0. The molecule has 0 unspecified atom stereocenters. The number of halogens is 1. The number of nitrogens with one attached hydrogen (secondary N) is 2. The van der Waals surface area contributed by atoms with Crippen molar-refractivity contribution in [3.05, 3.63) is 41.5 Å². The molecule has 0 radical (unpaired) electrons. The topological polar surface area (TPSA) is 85.6 Å². The Morgan fingerprint density at radius 2 is 2.00 bits per heavy atom. The highest BCUT2D eigenvalue weighted by molar-refractivity contribution is 14.0. The summed E-state index contributed by atoms with van der Waals surface area (Å²) in [6.45, 7) is 6.82. The molecule has 1 heterocycles. The van der Waals surface area contributed by atoms with Crippen LogP contribution in [0.25, 0.3) is 0 Å². The molecule has 0 bridgehead atoms. The number of aliphatic imine (C=N–C) groups is 1. The molecule has 1 aromatic heterocycles. The van der Waals surface area contributed by atoms with Crippen LogP contribution >= 0.6 is 24.0 Å². The van der Waals surface area contributed by atoms with Gasteiger partial charge in [-0.3, -0.25) is 0 Å². The maximum absolute atomic E-state index is 5.66. The van der Waals surface area contributed by atoms with Crippen molar-refractivity contribution in [2.45, 2.75) is 26.9 Å². The van der Waals surface area contributed by atoms with Gasteiger partial charge in [0, 0.05) is 26.3 Å². The van der Waals surface area contributed by atoms with Crippen LogP contribution in [0.2, 0.25) is 0 Å². The highest BCUT2D eigenvalue weighted by Gasteiger charge is 2.07. The molecule has 8 nitrogen and oxygen atoms in total. The molecule has 27 heavy (non-hydrogen) atoms. The number of methoxy groups -OCH3 is 1. The molecule has 2 rings (SSSR count). The largest absolute Gasteiger partial charge is 0.494 e. The smallest absolute Gasteiger partial charge is 0.192 e. The number of benzene rings is 1. The number of guanidine groups is 1. The van der Waals surface area contributed by atoms with Crippen molar-refractivity contribution in [2.75, 3.05) is 26.9 Å². The molecule has 9 heteroatoms. The fourth-order valence-electron chi connectivity index (χ4n) is 2.31. The van der Waals surface area contributed by atoms with Crippen LogP contribution < -0.4 is 15.4 Å². The van der Waals surface area contributed by atoms with Gasteiger partial charge in [0.25, 0.3) is 0 Å². The SMILES string of the molecule is CCOc1ccccc1CN=C(NCCOC)NCc1nnc(C)n1C.I. The molecule has 0 aliphatic carbocycles. The van der Waals surface area contributed by atoms with Gasteiger partial charge in [-0.1, -0.05) is 18.2 Å². The van der Waals surface area contributed by atoms with Gasteiger partial charge in [-0.2, -0.15) is 0 Å². The van der Waals surface area contributed by atoms with Crippen molar-refractivity contribution < 1.29 is 9.47 Å². The first kappa shape index (κ1) is 23.2. The van der Waals surface area contributed by atoms with Gasteiger partial charge in [0.1, 0.15) is 11.6 Å². The summed E-state index contributed by atoms with van der Waals surface area (Å²) in [5.74, 6) is 3.27. The van der Waals surface area contributed by atoms with E-state index >= 15 is 0 Å². The molecule has 150 valence electrons. The number of nitrogens with zero attached hydrogens (tertiary/aromatic N) is 4. The molecule has 0 saturated carbocycles. The number of ether oxygens (including phenoxy) is 2. The second-order valence-corrected chi connectivity index (χ2v) is 5.70. The lowest BCUT2D eigenvalue weighted by Crippen LogP contribution is -2.39. The minimum Gasteiger partial charge on any atom is -0.494 e. The van der Waals surface area contributed by atoms with Crippen molar-refractivity contribution in [3.8, 4) is 5.75 Å². The van der Waals surface area contributed by atoms with Crippen molar-refractivity contribution in [3.63, 3.8) is 0 Å². The zero-order valence-electron chi connectivity index (χ0n) is 16.4. The van der Waals surface area contributed by atoms with Crippen LogP contribution in [-0.2, 0) is 24.9 Å². The van der Waals surface area contributed by atoms with Gasteiger partial charge < -0.3 is 24.7 Å². The van der Waals surface area contributed by atoms with E-state index in [1.54, 1.807) is 7.11 Å².